The van der Waals surface area contributed by atoms with Crippen molar-refractivity contribution in [2.75, 3.05) is 19.6 Å². The SMILES string of the molecule is CC1=NC2=C3CN(C(=O)c4ccc(F)cc4O[C@H]4CC[C@@H](F)CC4)CC3=CCCN2C(C)=C1Cl. The summed E-state index contributed by atoms with van der Waals surface area (Å²) in [4.78, 5) is 22.2. The third-order valence-corrected chi connectivity index (χ3v) is 7.59. The number of aliphatic imine (C=N–C) groups is 1. The second-order valence-corrected chi connectivity index (χ2v) is 9.74. The van der Waals surface area contributed by atoms with E-state index in [2.05, 4.69) is 11.0 Å². The molecule has 0 unspecified atom stereocenters. The number of ether oxygens (including phenoxy) is 1. The molecule has 2 fully saturated rings. The molecule has 3 aliphatic heterocycles. The van der Waals surface area contributed by atoms with Crippen molar-refractivity contribution in [2.24, 2.45) is 4.99 Å². The number of hydrogen-bond donors (Lipinski definition) is 0. The molecule has 1 aliphatic carbocycles. The molecule has 0 aromatic heterocycles. The molecule has 0 spiro atoms. The summed E-state index contributed by atoms with van der Waals surface area (Å²) in [5.41, 5.74) is 4.15. The summed E-state index contributed by atoms with van der Waals surface area (Å²) in [6.07, 6.45) is 3.92. The minimum Gasteiger partial charge on any atom is -0.489 e. The quantitative estimate of drug-likeness (QED) is 0.547. The molecule has 1 aromatic rings. The Morgan fingerprint density at radius 2 is 1.94 bits per heavy atom. The van der Waals surface area contributed by atoms with Crippen LogP contribution in [-0.2, 0) is 0 Å². The summed E-state index contributed by atoms with van der Waals surface area (Å²) in [5.74, 6) is 0.387. The molecule has 8 heteroatoms. The normalized spacial score (nSPS) is 25.0. The molecule has 180 valence electrons. The van der Waals surface area contributed by atoms with Gasteiger partial charge in [-0.15, -0.1) is 0 Å². The molecule has 0 N–H and O–H groups in total. The van der Waals surface area contributed by atoms with Crippen molar-refractivity contribution < 1.29 is 18.3 Å². The lowest BCUT2D eigenvalue weighted by molar-refractivity contribution is 0.0781. The van der Waals surface area contributed by atoms with Crippen LogP contribution in [0, 0.1) is 5.82 Å². The van der Waals surface area contributed by atoms with Crippen LogP contribution in [0.2, 0.25) is 0 Å². The van der Waals surface area contributed by atoms with Crippen LogP contribution in [0.5, 0.6) is 5.75 Å². The number of hydrogen-bond acceptors (Lipinski definition) is 4. The number of rotatable bonds is 3. The third-order valence-electron chi connectivity index (χ3n) is 7.04. The van der Waals surface area contributed by atoms with E-state index >= 15 is 0 Å². The fourth-order valence-electron chi connectivity index (χ4n) is 5.13. The van der Waals surface area contributed by atoms with Crippen LogP contribution < -0.4 is 4.74 Å². The van der Waals surface area contributed by atoms with E-state index < -0.39 is 12.0 Å². The summed E-state index contributed by atoms with van der Waals surface area (Å²) in [6.45, 7) is 5.53. The Labute approximate surface area is 203 Å². The highest BCUT2D eigenvalue weighted by atomic mass is 35.5. The molecule has 5 rings (SSSR count). The zero-order valence-electron chi connectivity index (χ0n) is 19.4. The van der Waals surface area contributed by atoms with Gasteiger partial charge in [0.25, 0.3) is 5.91 Å². The molecule has 4 aliphatic rings. The van der Waals surface area contributed by atoms with Crippen LogP contribution >= 0.6 is 11.6 Å². The molecule has 1 saturated heterocycles. The minimum absolute atomic E-state index is 0.217. The second-order valence-electron chi connectivity index (χ2n) is 9.36. The maximum Gasteiger partial charge on any atom is 0.258 e. The van der Waals surface area contributed by atoms with Gasteiger partial charge in [-0.1, -0.05) is 17.7 Å². The van der Waals surface area contributed by atoms with Crippen LogP contribution in [0.3, 0.4) is 0 Å². The summed E-state index contributed by atoms with van der Waals surface area (Å²) in [6, 6.07) is 4.02. The summed E-state index contributed by atoms with van der Waals surface area (Å²) in [5, 5.41) is 0.661. The maximum atomic E-state index is 14.1. The van der Waals surface area contributed by atoms with Crippen LogP contribution in [0.1, 0.15) is 56.3 Å². The maximum absolute atomic E-state index is 14.1. The summed E-state index contributed by atoms with van der Waals surface area (Å²) < 4.78 is 33.6. The van der Waals surface area contributed by atoms with E-state index in [9.17, 15) is 13.6 Å². The fraction of sp³-hybridized carbons (Fsp3) is 0.462. The van der Waals surface area contributed by atoms with Crippen molar-refractivity contribution in [3.8, 4) is 5.75 Å². The first-order valence-corrected chi connectivity index (χ1v) is 12.2. The molecule has 0 radical (unpaired) electrons. The number of alkyl halides is 1. The molecule has 1 saturated carbocycles. The molecule has 1 amide bonds. The van der Waals surface area contributed by atoms with Crippen LogP contribution in [0.25, 0.3) is 0 Å². The molecule has 34 heavy (non-hydrogen) atoms. The number of halogens is 3. The number of allylic oxidation sites excluding steroid dienone is 2. The lowest BCUT2D eigenvalue weighted by Gasteiger charge is -2.30. The Bertz CT molecular complexity index is 1150. The third kappa shape index (κ3) is 4.26. The number of nitrogens with zero attached hydrogens (tertiary/aromatic N) is 3. The van der Waals surface area contributed by atoms with Gasteiger partial charge in [-0.05, 0) is 63.7 Å². The first kappa shape index (κ1) is 23.1. The first-order chi connectivity index (χ1) is 16.3. The Balaban J connectivity index is 1.42. The van der Waals surface area contributed by atoms with Crippen molar-refractivity contribution in [3.05, 3.63) is 63.4 Å². The smallest absolute Gasteiger partial charge is 0.258 e. The van der Waals surface area contributed by atoms with E-state index in [1.165, 1.54) is 18.2 Å². The Kier molecular flexibility index (Phi) is 6.23. The van der Waals surface area contributed by atoms with Gasteiger partial charge >= 0.3 is 0 Å². The van der Waals surface area contributed by atoms with Gasteiger partial charge in [-0.25, -0.2) is 13.8 Å². The summed E-state index contributed by atoms with van der Waals surface area (Å²) in [7, 11) is 0. The number of benzene rings is 1. The largest absolute Gasteiger partial charge is 0.489 e. The summed E-state index contributed by atoms with van der Waals surface area (Å²) >= 11 is 6.45. The van der Waals surface area contributed by atoms with E-state index in [0.29, 0.717) is 49.4 Å². The van der Waals surface area contributed by atoms with E-state index in [0.717, 1.165) is 41.3 Å². The minimum atomic E-state index is -0.813. The highest BCUT2D eigenvalue weighted by molar-refractivity contribution is 6.43. The zero-order chi connectivity index (χ0) is 24.0. The van der Waals surface area contributed by atoms with Crippen LogP contribution in [-0.4, -0.2) is 53.3 Å². The number of fused-ring (bicyclic) bond motifs is 2. The lowest BCUT2D eigenvalue weighted by atomic mass is 9.96. The van der Waals surface area contributed by atoms with Crippen molar-refractivity contribution in [1.29, 1.82) is 0 Å². The Morgan fingerprint density at radius 1 is 1.18 bits per heavy atom. The van der Waals surface area contributed by atoms with Crippen molar-refractivity contribution >= 4 is 23.2 Å². The van der Waals surface area contributed by atoms with Gasteiger partial charge in [0.1, 0.15) is 23.6 Å². The van der Waals surface area contributed by atoms with Crippen LogP contribution in [0.15, 0.2) is 57.0 Å². The average molecular weight is 488 g/mol. The van der Waals surface area contributed by atoms with Crippen molar-refractivity contribution in [3.63, 3.8) is 0 Å². The Morgan fingerprint density at radius 3 is 2.71 bits per heavy atom. The highest BCUT2D eigenvalue weighted by Gasteiger charge is 2.35. The van der Waals surface area contributed by atoms with E-state index in [1.54, 1.807) is 4.90 Å². The van der Waals surface area contributed by atoms with Gasteiger partial charge in [0.15, 0.2) is 0 Å². The standard InChI is InChI=1S/C26H28ClF2N3O2/c1-15-24(27)16(2)32-11-3-4-17-13-31(14-22(17)25(32)30-15)26(33)21-10-7-19(29)12-23(21)34-20-8-5-18(28)6-9-20/h4,7,10,12,18,20H,3,5-6,8-9,11,13-14H2,1-2H3/t18-,20+. The van der Waals surface area contributed by atoms with Crippen molar-refractivity contribution in [1.82, 2.24) is 9.80 Å². The molecule has 0 bridgehead atoms. The van der Waals surface area contributed by atoms with Gasteiger partial charge in [0.2, 0.25) is 0 Å². The highest BCUT2D eigenvalue weighted by Crippen LogP contribution is 2.37. The predicted octanol–water partition coefficient (Wildman–Crippen LogP) is 5.73. The van der Waals surface area contributed by atoms with Crippen molar-refractivity contribution in [2.45, 2.75) is 58.2 Å². The molecule has 5 nitrogen and oxygen atoms in total. The van der Waals surface area contributed by atoms with E-state index in [4.69, 9.17) is 21.3 Å². The fourth-order valence-corrected chi connectivity index (χ4v) is 5.28. The number of carbonyl (C=O) groups excluding carboxylic acids is 1. The van der Waals surface area contributed by atoms with E-state index in [-0.39, 0.29) is 17.8 Å². The zero-order valence-corrected chi connectivity index (χ0v) is 20.2. The number of likely N-dealkylation sites (tertiary alicyclic amines) is 1. The molecule has 3 heterocycles. The molecule has 0 atom stereocenters. The second kappa shape index (κ2) is 9.17. The molecular formula is C26H28ClF2N3O2. The van der Waals surface area contributed by atoms with Crippen LogP contribution in [0.4, 0.5) is 8.78 Å². The topological polar surface area (TPSA) is 45.1 Å². The van der Waals surface area contributed by atoms with Gasteiger partial charge in [-0.3, -0.25) is 4.79 Å². The average Bonchev–Trinajstić information content (AvgIpc) is 3.16. The van der Waals surface area contributed by atoms with Gasteiger partial charge in [0, 0.05) is 30.4 Å². The van der Waals surface area contributed by atoms with Gasteiger partial charge in [-0.2, -0.15) is 0 Å². The Hall–Kier alpha value is -2.67. The molecule has 1 aromatic carbocycles. The predicted molar refractivity (Wildman–Crippen MR) is 128 cm³/mol. The van der Waals surface area contributed by atoms with E-state index in [1.807, 2.05) is 13.8 Å². The first-order valence-electron chi connectivity index (χ1n) is 11.8. The molecular weight excluding hydrogens is 460 g/mol. The number of carbonyl (C=O) groups is 1. The van der Waals surface area contributed by atoms with Gasteiger partial charge < -0.3 is 14.5 Å². The monoisotopic (exact) mass is 487 g/mol. The number of amides is 1. The lowest BCUT2D eigenvalue weighted by Crippen LogP contribution is -2.31. The van der Waals surface area contributed by atoms with Gasteiger partial charge in [0.05, 0.1) is 29.0 Å².